The SMILES string of the molecule is COC(=O)[C@H]1[C@@H](C)C[C@@H](C)N1C(=O)OC(C)(C)C. The Balaban J connectivity index is 2.89. The maximum atomic E-state index is 12.1. The van der Waals surface area contributed by atoms with Crippen LogP contribution in [0.1, 0.15) is 41.0 Å². The van der Waals surface area contributed by atoms with Gasteiger partial charge < -0.3 is 9.47 Å². The van der Waals surface area contributed by atoms with Gasteiger partial charge in [0.15, 0.2) is 0 Å². The highest BCUT2D eigenvalue weighted by molar-refractivity contribution is 5.82. The molecule has 1 aliphatic heterocycles. The molecule has 1 rings (SSSR count). The Labute approximate surface area is 108 Å². The topological polar surface area (TPSA) is 55.8 Å². The van der Waals surface area contributed by atoms with Crippen molar-refractivity contribution in [3.05, 3.63) is 0 Å². The fourth-order valence-corrected chi connectivity index (χ4v) is 2.40. The van der Waals surface area contributed by atoms with E-state index in [2.05, 4.69) is 0 Å². The first-order chi connectivity index (χ1) is 8.17. The van der Waals surface area contributed by atoms with Crippen LogP contribution in [-0.4, -0.2) is 41.8 Å². The molecule has 0 aromatic carbocycles. The number of methoxy groups -OCH3 is 1. The third-order valence-electron chi connectivity index (χ3n) is 3.07. The van der Waals surface area contributed by atoms with Gasteiger partial charge in [0, 0.05) is 6.04 Å². The van der Waals surface area contributed by atoms with Crippen LogP contribution in [0.2, 0.25) is 0 Å². The average Bonchev–Trinajstić information content (AvgIpc) is 2.49. The van der Waals surface area contributed by atoms with Crippen LogP contribution in [0.4, 0.5) is 4.79 Å². The number of amides is 1. The number of ether oxygens (including phenoxy) is 2. The van der Waals surface area contributed by atoms with Gasteiger partial charge in [-0.05, 0) is 40.0 Å². The molecule has 0 aromatic heterocycles. The van der Waals surface area contributed by atoms with E-state index in [1.807, 2.05) is 34.6 Å². The molecule has 1 amide bonds. The second-order valence-electron chi connectivity index (χ2n) is 5.92. The van der Waals surface area contributed by atoms with Crippen LogP contribution < -0.4 is 0 Å². The van der Waals surface area contributed by atoms with E-state index in [4.69, 9.17) is 9.47 Å². The fourth-order valence-electron chi connectivity index (χ4n) is 2.40. The number of hydrogen-bond donors (Lipinski definition) is 0. The average molecular weight is 257 g/mol. The van der Waals surface area contributed by atoms with Gasteiger partial charge in [-0.2, -0.15) is 0 Å². The molecule has 0 unspecified atom stereocenters. The lowest BCUT2D eigenvalue weighted by atomic mass is 10.0. The third-order valence-corrected chi connectivity index (χ3v) is 3.07. The molecular weight excluding hydrogens is 234 g/mol. The van der Waals surface area contributed by atoms with Crippen molar-refractivity contribution in [1.29, 1.82) is 0 Å². The largest absolute Gasteiger partial charge is 0.467 e. The molecule has 5 nitrogen and oxygen atoms in total. The smallest absolute Gasteiger partial charge is 0.411 e. The van der Waals surface area contributed by atoms with Gasteiger partial charge in [-0.1, -0.05) is 6.92 Å². The minimum Gasteiger partial charge on any atom is -0.467 e. The van der Waals surface area contributed by atoms with Gasteiger partial charge in [0.25, 0.3) is 0 Å². The van der Waals surface area contributed by atoms with Crippen LogP contribution in [0.15, 0.2) is 0 Å². The first-order valence-electron chi connectivity index (χ1n) is 6.26. The number of esters is 1. The van der Waals surface area contributed by atoms with E-state index >= 15 is 0 Å². The van der Waals surface area contributed by atoms with Crippen LogP contribution in [-0.2, 0) is 14.3 Å². The van der Waals surface area contributed by atoms with Crippen LogP contribution >= 0.6 is 0 Å². The summed E-state index contributed by atoms with van der Waals surface area (Å²) in [4.78, 5) is 25.4. The van der Waals surface area contributed by atoms with Gasteiger partial charge in [-0.3, -0.25) is 4.90 Å². The van der Waals surface area contributed by atoms with E-state index in [9.17, 15) is 9.59 Å². The van der Waals surface area contributed by atoms with E-state index in [0.29, 0.717) is 0 Å². The summed E-state index contributed by atoms with van der Waals surface area (Å²) in [6, 6.07) is -0.557. The molecule has 1 fully saturated rings. The Bertz CT molecular complexity index is 334. The molecule has 0 radical (unpaired) electrons. The van der Waals surface area contributed by atoms with Crippen molar-refractivity contribution in [2.75, 3.05) is 7.11 Å². The first-order valence-corrected chi connectivity index (χ1v) is 6.26. The highest BCUT2D eigenvalue weighted by Gasteiger charge is 2.46. The maximum Gasteiger partial charge on any atom is 0.411 e. The van der Waals surface area contributed by atoms with E-state index in [1.54, 1.807) is 0 Å². The van der Waals surface area contributed by atoms with E-state index in [-0.39, 0.29) is 17.9 Å². The number of likely N-dealkylation sites (tertiary alicyclic amines) is 1. The summed E-state index contributed by atoms with van der Waals surface area (Å²) in [5.41, 5.74) is -0.566. The van der Waals surface area contributed by atoms with Crippen LogP contribution in [0.25, 0.3) is 0 Å². The maximum absolute atomic E-state index is 12.1. The normalized spacial score (nSPS) is 28.1. The van der Waals surface area contributed by atoms with Crippen molar-refractivity contribution in [2.24, 2.45) is 5.92 Å². The molecule has 0 bridgehead atoms. The molecule has 0 N–H and O–H groups in total. The van der Waals surface area contributed by atoms with Crippen molar-refractivity contribution < 1.29 is 19.1 Å². The summed E-state index contributed by atoms with van der Waals surface area (Å²) in [5.74, 6) is -0.294. The minimum atomic E-state index is -0.566. The zero-order chi connectivity index (χ0) is 14.1. The lowest BCUT2D eigenvalue weighted by Gasteiger charge is -2.30. The quantitative estimate of drug-likeness (QED) is 0.676. The number of rotatable bonds is 1. The van der Waals surface area contributed by atoms with Gasteiger partial charge in [0.05, 0.1) is 7.11 Å². The van der Waals surface area contributed by atoms with E-state index < -0.39 is 17.7 Å². The van der Waals surface area contributed by atoms with E-state index in [1.165, 1.54) is 12.0 Å². The zero-order valence-electron chi connectivity index (χ0n) is 12.0. The molecule has 104 valence electrons. The molecular formula is C13H23NO4. The number of nitrogens with zero attached hydrogens (tertiary/aromatic N) is 1. The second kappa shape index (κ2) is 5.16. The van der Waals surface area contributed by atoms with Crippen molar-refractivity contribution in [3.63, 3.8) is 0 Å². The zero-order valence-corrected chi connectivity index (χ0v) is 12.0. The summed E-state index contributed by atoms with van der Waals surface area (Å²) in [6.07, 6.45) is 0.327. The molecule has 1 heterocycles. The molecule has 0 spiro atoms. The van der Waals surface area contributed by atoms with Gasteiger partial charge in [0.2, 0.25) is 0 Å². The number of carbonyl (C=O) groups excluding carboxylic acids is 2. The molecule has 0 aliphatic carbocycles. The Morgan fingerprint density at radius 1 is 1.22 bits per heavy atom. The lowest BCUT2D eigenvalue weighted by molar-refractivity contribution is -0.147. The Morgan fingerprint density at radius 3 is 2.22 bits per heavy atom. The highest BCUT2D eigenvalue weighted by Crippen LogP contribution is 2.31. The molecule has 0 aromatic rings. The molecule has 18 heavy (non-hydrogen) atoms. The predicted molar refractivity (Wildman–Crippen MR) is 67.1 cm³/mol. The van der Waals surface area contributed by atoms with Gasteiger partial charge in [-0.15, -0.1) is 0 Å². The first kappa shape index (κ1) is 14.8. The summed E-state index contributed by atoms with van der Waals surface area (Å²) < 4.78 is 10.1. The summed E-state index contributed by atoms with van der Waals surface area (Å²) in [5, 5.41) is 0. The van der Waals surface area contributed by atoms with Crippen LogP contribution in [0.5, 0.6) is 0 Å². The summed E-state index contributed by atoms with van der Waals surface area (Å²) in [6.45, 7) is 9.29. The third kappa shape index (κ3) is 3.15. The molecule has 1 aliphatic rings. The molecule has 0 saturated carbocycles. The molecule has 3 atom stereocenters. The van der Waals surface area contributed by atoms with Gasteiger partial charge in [-0.25, -0.2) is 9.59 Å². The standard InChI is InChI=1S/C13H23NO4/c1-8-7-9(2)14(10(8)11(15)17-6)12(16)18-13(3,4)5/h8-10H,7H2,1-6H3/t8-,9+,10+/m0/s1. The van der Waals surface area contributed by atoms with Crippen molar-refractivity contribution in [3.8, 4) is 0 Å². The van der Waals surface area contributed by atoms with Crippen LogP contribution in [0, 0.1) is 5.92 Å². The summed E-state index contributed by atoms with van der Waals surface area (Å²) in [7, 11) is 1.34. The Hall–Kier alpha value is -1.26. The van der Waals surface area contributed by atoms with E-state index in [0.717, 1.165) is 6.42 Å². The lowest BCUT2D eigenvalue weighted by Crippen LogP contribution is -2.48. The summed E-state index contributed by atoms with van der Waals surface area (Å²) >= 11 is 0. The van der Waals surface area contributed by atoms with Crippen molar-refractivity contribution in [2.45, 2.75) is 58.7 Å². The monoisotopic (exact) mass is 257 g/mol. The molecule has 1 saturated heterocycles. The number of hydrogen-bond acceptors (Lipinski definition) is 4. The van der Waals surface area contributed by atoms with Gasteiger partial charge in [0.1, 0.15) is 11.6 Å². The molecule has 5 heteroatoms. The van der Waals surface area contributed by atoms with Crippen molar-refractivity contribution in [1.82, 2.24) is 4.90 Å². The highest BCUT2D eigenvalue weighted by atomic mass is 16.6. The van der Waals surface area contributed by atoms with Gasteiger partial charge >= 0.3 is 12.1 Å². The number of carbonyl (C=O) groups is 2. The minimum absolute atomic E-state index is 0.0149. The Morgan fingerprint density at radius 2 is 1.78 bits per heavy atom. The second-order valence-corrected chi connectivity index (χ2v) is 5.92. The van der Waals surface area contributed by atoms with Crippen molar-refractivity contribution >= 4 is 12.1 Å². The fraction of sp³-hybridized carbons (Fsp3) is 0.846. The Kier molecular flexibility index (Phi) is 4.24. The predicted octanol–water partition coefficient (Wildman–Crippen LogP) is 2.19. The van der Waals surface area contributed by atoms with Crippen LogP contribution in [0.3, 0.4) is 0 Å².